The van der Waals surface area contributed by atoms with Crippen LogP contribution in [0.25, 0.3) is 6.08 Å². The zero-order valence-electron chi connectivity index (χ0n) is 20.7. The number of hydrogen-bond acceptors (Lipinski definition) is 8. The van der Waals surface area contributed by atoms with Crippen molar-refractivity contribution in [2.45, 2.75) is 33.7 Å². The normalized spacial score (nSPS) is 15.2. The largest absolute Gasteiger partial charge is 0.493 e. The number of hydrogen-bond donors (Lipinski definition) is 0. The number of carbonyl (C=O) groups is 2. The summed E-state index contributed by atoms with van der Waals surface area (Å²) in [6.45, 7) is 6.91. The summed E-state index contributed by atoms with van der Waals surface area (Å²) in [6.07, 6.45) is 1.81. The molecule has 186 valence electrons. The molecule has 1 atom stereocenters. The van der Waals surface area contributed by atoms with Gasteiger partial charge < -0.3 is 14.2 Å². The van der Waals surface area contributed by atoms with Crippen molar-refractivity contribution in [1.82, 2.24) is 4.57 Å². The lowest BCUT2D eigenvalue weighted by molar-refractivity contribution is -0.139. The first kappa shape index (κ1) is 25.1. The number of fused-ring (bicyclic) bond motifs is 1. The molecule has 0 saturated heterocycles. The summed E-state index contributed by atoms with van der Waals surface area (Å²) in [5.41, 5.74) is 3.04. The van der Waals surface area contributed by atoms with Crippen molar-refractivity contribution in [2.75, 3.05) is 13.7 Å². The predicted molar refractivity (Wildman–Crippen MR) is 136 cm³/mol. The number of benzene rings is 2. The molecule has 0 bridgehead atoms. The van der Waals surface area contributed by atoms with Gasteiger partial charge in [-0.25, -0.2) is 9.79 Å². The molecule has 9 heteroatoms. The average molecular weight is 507 g/mol. The van der Waals surface area contributed by atoms with Crippen molar-refractivity contribution < 1.29 is 23.8 Å². The van der Waals surface area contributed by atoms with E-state index in [9.17, 15) is 14.4 Å². The van der Waals surface area contributed by atoms with Gasteiger partial charge in [-0.3, -0.25) is 14.2 Å². The van der Waals surface area contributed by atoms with E-state index in [0.29, 0.717) is 26.3 Å². The van der Waals surface area contributed by atoms with Gasteiger partial charge in [-0.15, -0.1) is 0 Å². The Morgan fingerprint density at radius 1 is 1.11 bits per heavy atom. The number of allylic oxidation sites excluding steroid dienone is 1. The molecule has 0 spiro atoms. The van der Waals surface area contributed by atoms with Crippen LogP contribution in [-0.4, -0.2) is 30.2 Å². The molecule has 0 saturated carbocycles. The van der Waals surface area contributed by atoms with E-state index in [2.05, 4.69) is 4.99 Å². The standard InChI is InChI=1S/C27H26N2O6S/c1-6-34-26(32)23-16(3)28-27-29(25(31)22(36-27)13-18-9-7-15(2)8-10-18)24(23)19-11-12-20(35-17(4)30)21(14-19)33-5/h7-14,24H,6H2,1-5H3/b22-13+. The van der Waals surface area contributed by atoms with Gasteiger partial charge in [0.1, 0.15) is 0 Å². The van der Waals surface area contributed by atoms with Gasteiger partial charge in [-0.05, 0) is 50.1 Å². The number of ether oxygens (including phenoxy) is 3. The van der Waals surface area contributed by atoms with Crippen molar-refractivity contribution in [3.63, 3.8) is 0 Å². The summed E-state index contributed by atoms with van der Waals surface area (Å²) >= 11 is 1.25. The van der Waals surface area contributed by atoms with E-state index in [1.54, 1.807) is 32.0 Å². The second-order valence-electron chi connectivity index (χ2n) is 8.22. The Balaban J connectivity index is 1.94. The van der Waals surface area contributed by atoms with Crippen LogP contribution in [0.4, 0.5) is 0 Å². The highest BCUT2D eigenvalue weighted by atomic mass is 32.1. The Morgan fingerprint density at radius 3 is 2.47 bits per heavy atom. The fraction of sp³-hybridized carbons (Fsp3) is 0.259. The van der Waals surface area contributed by atoms with Crippen LogP contribution in [0, 0.1) is 6.92 Å². The Bertz CT molecular complexity index is 1550. The van der Waals surface area contributed by atoms with Crippen molar-refractivity contribution >= 4 is 29.4 Å². The van der Waals surface area contributed by atoms with Gasteiger partial charge >= 0.3 is 11.9 Å². The number of aromatic nitrogens is 1. The zero-order chi connectivity index (χ0) is 26.0. The van der Waals surface area contributed by atoms with Gasteiger partial charge in [0.05, 0.1) is 35.6 Å². The van der Waals surface area contributed by atoms with Gasteiger partial charge in [-0.1, -0.05) is 47.2 Å². The van der Waals surface area contributed by atoms with E-state index < -0.39 is 18.0 Å². The predicted octanol–water partition coefficient (Wildman–Crippen LogP) is 3.04. The molecule has 0 N–H and O–H groups in total. The minimum Gasteiger partial charge on any atom is -0.493 e. The van der Waals surface area contributed by atoms with E-state index in [1.165, 1.54) is 29.9 Å². The van der Waals surface area contributed by atoms with Gasteiger partial charge in [-0.2, -0.15) is 0 Å². The van der Waals surface area contributed by atoms with Crippen LogP contribution in [-0.2, 0) is 14.3 Å². The maximum atomic E-state index is 13.7. The van der Waals surface area contributed by atoms with Crippen LogP contribution in [0.3, 0.4) is 0 Å². The van der Waals surface area contributed by atoms with Gasteiger partial charge in [0.25, 0.3) is 5.56 Å². The number of esters is 2. The molecule has 0 fully saturated rings. The van der Waals surface area contributed by atoms with Gasteiger partial charge in [0.15, 0.2) is 16.3 Å². The minimum absolute atomic E-state index is 0.175. The van der Waals surface area contributed by atoms with Crippen LogP contribution in [0.2, 0.25) is 0 Å². The fourth-order valence-corrected chi connectivity index (χ4v) is 5.06. The highest BCUT2D eigenvalue weighted by Gasteiger charge is 2.34. The first-order valence-corrected chi connectivity index (χ1v) is 12.2. The maximum Gasteiger partial charge on any atom is 0.338 e. The molecule has 1 unspecified atom stereocenters. The monoisotopic (exact) mass is 506 g/mol. The van der Waals surface area contributed by atoms with Gasteiger partial charge in [0.2, 0.25) is 0 Å². The lowest BCUT2D eigenvalue weighted by atomic mass is 9.95. The Hall–Kier alpha value is -3.98. The molecular weight excluding hydrogens is 480 g/mol. The van der Waals surface area contributed by atoms with E-state index in [-0.39, 0.29) is 23.5 Å². The highest BCUT2D eigenvalue weighted by molar-refractivity contribution is 7.07. The second-order valence-corrected chi connectivity index (χ2v) is 9.23. The molecule has 8 nitrogen and oxygen atoms in total. The molecule has 2 heterocycles. The molecule has 4 rings (SSSR count). The fourth-order valence-electron chi connectivity index (χ4n) is 4.01. The van der Waals surface area contributed by atoms with Crippen molar-refractivity contribution in [1.29, 1.82) is 0 Å². The molecule has 1 aliphatic heterocycles. The molecule has 1 aromatic heterocycles. The number of methoxy groups -OCH3 is 1. The number of thiazole rings is 1. The van der Waals surface area contributed by atoms with E-state index >= 15 is 0 Å². The van der Waals surface area contributed by atoms with E-state index in [4.69, 9.17) is 14.2 Å². The molecule has 0 amide bonds. The van der Waals surface area contributed by atoms with Crippen molar-refractivity contribution in [2.24, 2.45) is 4.99 Å². The third-order valence-corrected chi connectivity index (χ3v) is 6.63. The highest BCUT2D eigenvalue weighted by Crippen LogP contribution is 2.36. The number of carbonyl (C=O) groups excluding carboxylic acids is 2. The molecular formula is C27H26N2O6S. The smallest absolute Gasteiger partial charge is 0.338 e. The molecule has 3 aromatic rings. The van der Waals surface area contributed by atoms with Crippen LogP contribution in [0.5, 0.6) is 11.5 Å². The molecule has 0 aliphatic carbocycles. The third kappa shape index (κ3) is 4.87. The first-order valence-electron chi connectivity index (χ1n) is 11.4. The Morgan fingerprint density at radius 2 is 1.83 bits per heavy atom. The quantitative estimate of drug-likeness (QED) is 0.377. The lowest BCUT2D eigenvalue weighted by Crippen LogP contribution is -2.40. The lowest BCUT2D eigenvalue weighted by Gasteiger charge is -2.25. The topological polar surface area (TPSA) is 96.2 Å². The molecule has 2 aromatic carbocycles. The van der Waals surface area contributed by atoms with Crippen LogP contribution < -0.4 is 24.4 Å². The summed E-state index contributed by atoms with van der Waals surface area (Å²) in [5, 5.41) is 0. The molecule has 0 radical (unpaired) electrons. The van der Waals surface area contributed by atoms with E-state index in [1.807, 2.05) is 37.3 Å². The number of rotatable bonds is 6. The van der Waals surface area contributed by atoms with Crippen molar-refractivity contribution in [3.05, 3.63) is 90.1 Å². The maximum absolute atomic E-state index is 13.7. The van der Waals surface area contributed by atoms with E-state index in [0.717, 1.165) is 11.1 Å². The summed E-state index contributed by atoms with van der Waals surface area (Å²) in [4.78, 5) is 43.3. The Kier molecular flexibility index (Phi) is 7.21. The summed E-state index contributed by atoms with van der Waals surface area (Å²) in [6, 6.07) is 12.0. The van der Waals surface area contributed by atoms with Crippen LogP contribution in [0.15, 0.2) is 63.5 Å². The number of aryl methyl sites for hydroxylation is 1. The molecule has 36 heavy (non-hydrogen) atoms. The third-order valence-electron chi connectivity index (χ3n) is 5.65. The van der Waals surface area contributed by atoms with Crippen molar-refractivity contribution in [3.8, 4) is 11.5 Å². The number of nitrogens with zero attached hydrogens (tertiary/aromatic N) is 2. The second kappa shape index (κ2) is 10.3. The zero-order valence-corrected chi connectivity index (χ0v) is 21.5. The average Bonchev–Trinajstić information content (AvgIpc) is 3.14. The van der Waals surface area contributed by atoms with Crippen LogP contribution in [0.1, 0.15) is 43.5 Å². The SMILES string of the molecule is CCOC(=O)C1=C(C)N=c2s/c(=C/c3ccc(C)cc3)c(=O)n2C1c1ccc(OC(C)=O)c(OC)c1. The first-order chi connectivity index (χ1) is 17.2. The Labute approximate surface area is 211 Å². The van der Waals surface area contributed by atoms with Gasteiger partial charge in [0, 0.05) is 6.92 Å². The van der Waals surface area contributed by atoms with Crippen LogP contribution >= 0.6 is 11.3 Å². The summed E-state index contributed by atoms with van der Waals surface area (Å²) in [5.74, 6) is -0.519. The molecule has 1 aliphatic rings. The minimum atomic E-state index is -0.805. The summed E-state index contributed by atoms with van der Waals surface area (Å²) in [7, 11) is 1.45. The summed E-state index contributed by atoms with van der Waals surface area (Å²) < 4.78 is 18.0.